The first-order valence-corrected chi connectivity index (χ1v) is 7.36. The standard InChI is InChI=1S/C14H23N5O2/c1-19-10-11(9-16-19)12(20)17-14(13(15)18-21)7-5-3-2-4-6-8-14/h9-10,21H,2-8H2,1H3,(H2,15,18)(H,17,20). The number of hydrogen-bond donors (Lipinski definition) is 3. The molecular formula is C14H23N5O2. The van der Waals surface area contributed by atoms with Gasteiger partial charge in [0.15, 0.2) is 5.84 Å². The van der Waals surface area contributed by atoms with Gasteiger partial charge in [-0.15, -0.1) is 0 Å². The third-order valence-electron chi connectivity index (χ3n) is 4.13. The van der Waals surface area contributed by atoms with E-state index in [1.807, 2.05) is 0 Å². The Kier molecular flexibility index (Phi) is 4.82. The van der Waals surface area contributed by atoms with Crippen molar-refractivity contribution in [1.29, 1.82) is 0 Å². The monoisotopic (exact) mass is 293 g/mol. The van der Waals surface area contributed by atoms with Gasteiger partial charge in [-0.1, -0.05) is 37.3 Å². The van der Waals surface area contributed by atoms with Gasteiger partial charge in [0.05, 0.1) is 11.8 Å². The molecule has 0 atom stereocenters. The van der Waals surface area contributed by atoms with Gasteiger partial charge >= 0.3 is 0 Å². The first kappa shape index (κ1) is 15.3. The molecule has 1 heterocycles. The lowest BCUT2D eigenvalue weighted by Gasteiger charge is -2.35. The molecule has 1 aliphatic rings. The summed E-state index contributed by atoms with van der Waals surface area (Å²) in [4.78, 5) is 12.4. The van der Waals surface area contributed by atoms with Gasteiger partial charge in [-0.05, 0) is 12.8 Å². The van der Waals surface area contributed by atoms with Crippen molar-refractivity contribution in [1.82, 2.24) is 15.1 Å². The highest BCUT2D eigenvalue weighted by Gasteiger charge is 2.37. The van der Waals surface area contributed by atoms with Crippen LogP contribution in [0, 0.1) is 0 Å². The maximum absolute atomic E-state index is 12.4. The molecule has 7 nitrogen and oxygen atoms in total. The molecule has 1 saturated carbocycles. The maximum Gasteiger partial charge on any atom is 0.255 e. The first-order chi connectivity index (χ1) is 10.1. The second kappa shape index (κ2) is 6.60. The van der Waals surface area contributed by atoms with Gasteiger partial charge in [0.2, 0.25) is 0 Å². The molecule has 1 amide bonds. The zero-order valence-corrected chi connectivity index (χ0v) is 12.4. The van der Waals surface area contributed by atoms with E-state index in [1.165, 1.54) is 12.6 Å². The van der Waals surface area contributed by atoms with Gasteiger partial charge in [0, 0.05) is 13.2 Å². The van der Waals surface area contributed by atoms with E-state index in [4.69, 9.17) is 10.9 Å². The highest BCUT2D eigenvalue weighted by atomic mass is 16.4. The van der Waals surface area contributed by atoms with Gasteiger partial charge in [0.25, 0.3) is 5.91 Å². The van der Waals surface area contributed by atoms with Crippen molar-refractivity contribution in [3.63, 3.8) is 0 Å². The fraction of sp³-hybridized carbons (Fsp3) is 0.643. The summed E-state index contributed by atoms with van der Waals surface area (Å²) in [6.45, 7) is 0. The Morgan fingerprint density at radius 3 is 2.52 bits per heavy atom. The van der Waals surface area contributed by atoms with Crippen LogP contribution in [0.4, 0.5) is 0 Å². The van der Waals surface area contributed by atoms with E-state index in [-0.39, 0.29) is 11.7 Å². The Hall–Kier alpha value is -2.05. The van der Waals surface area contributed by atoms with E-state index >= 15 is 0 Å². The Morgan fingerprint density at radius 1 is 1.38 bits per heavy atom. The predicted molar refractivity (Wildman–Crippen MR) is 79.1 cm³/mol. The minimum absolute atomic E-state index is 0.0849. The number of hydrogen-bond acceptors (Lipinski definition) is 4. The van der Waals surface area contributed by atoms with Crippen LogP contribution in [0.2, 0.25) is 0 Å². The van der Waals surface area contributed by atoms with Gasteiger partial charge in [-0.3, -0.25) is 9.48 Å². The summed E-state index contributed by atoms with van der Waals surface area (Å²) in [5.74, 6) is -0.156. The number of oxime groups is 1. The second-order valence-electron chi connectivity index (χ2n) is 5.69. The molecule has 1 aromatic rings. The number of carbonyl (C=O) groups excluding carboxylic acids is 1. The van der Waals surface area contributed by atoms with Gasteiger partial charge in [0.1, 0.15) is 5.54 Å². The molecule has 116 valence electrons. The molecule has 4 N–H and O–H groups in total. The van der Waals surface area contributed by atoms with E-state index in [0.717, 1.165) is 25.7 Å². The molecule has 0 spiro atoms. The highest BCUT2D eigenvalue weighted by Crippen LogP contribution is 2.27. The number of aryl methyl sites for hydroxylation is 1. The summed E-state index contributed by atoms with van der Waals surface area (Å²) in [5, 5.41) is 19.2. The highest BCUT2D eigenvalue weighted by molar-refractivity contribution is 6.00. The zero-order valence-electron chi connectivity index (χ0n) is 12.4. The molecule has 1 aromatic heterocycles. The van der Waals surface area contributed by atoms with Gasteiger partial charge in [-0.25, -0.2) is 0 Å². The molecule has 0 aromatic carbocycles. The number of nitrogens with one attached hydrogen (secondary N) is 1. The number of amides is 1. The largest absolute Gasteiger partial charge is 0.409 e. The van der Waals surface area contributed by atoms with E-state index in [9.17, 15) is 4.79 Å². The zero-order chi connectivity index (χ0) is 15.3. The van der Waals surface area contributed by atoms with E-state index in [2.05, 4.69) is 15.6 Å². The van der Waals surface area contributed by atoms with Crippen LogP contribution in [0.25, 0.3) is 0 Å². The Labute approximate surface area is 124 Å². The third kappa shape index (κ3) is 3.53. The number of nitrogens with two attached hydrogens (primary N) is 1. The first-order valence-electron chi connectivity index (χ1n) is 7.36. The Bertz CT molecular complexity index is 515. The minimum atomic E-state index is -0.762. The topological polar surface area (TPSA) is 106 Å². The van der Waals surface area contributed by atoms with Crippen molar-refractivity contribution in [2.24, 2.45) is 17.9 Å². The molecule has 0 bridgehead atoms. The van der Waals surface area contributed by atoms with Crippen molar-refractivity contribution in [3.05, 3.63) is 18.0 Å². The van der Waals surface area contributed by atoms with Crippen LogP contribution in [-0.2, 0) is 7.05 Å². The quantitative estimate of drug-likeness (QED) is 0.339. The number of amidine groups is 1. The SMILES string of the molecule is Cn1cc(C(=O)NC2(/C(N)=N/O)CCCCCCC2)cn1. The summed E-state index contributed by atoms with van der Waals surface area (Å²) in [7, 11) is 1.76. The molecule has 1 fully saturated rings. The number of carbonyl (C=O) groups is 1. The lowest BCUT2D eigenvalue weighted by Crippen LogP contribution is -2.57. The average molecular weight is 293 g/mol. The Balaban J connectivity index is 2.20. The predicted octanol–water partition coefficient (Wildman–Crippen LogP) is 1.38. The Morgan fingerprint density at radius 2 is 2.00 bits per heavy atom. The normalized spacial score (nSPS) is 19.6. The van der Waals surface area contributed by atoms with Gasteiger partial charge < -0.3 is 16.3 Å². The van der Waals surface area contributed by atoms with Crippen molar-refractivity contribution >= 4 is 11.7 Å². The van der Waals surface area contributed by atoms with Crippen LogP contribution < -0.4 is 11.1 Å². The number of nitrogens with zero attached hydrogens (tertiary/aromatic N) is 3. The molecule has 1 aliphatic carbocycles. The fourth-order valence-electron chi connectivity index (χ4n) is 2.88. The molecule has 0 aliphatic heterocycles. The average Bonchev–Trinajstić information content (AvgIpc) is 2.88. The summed E-state index contributed by atoms with van der Waals surface area (Å²) in [6, 6.07) is 0. The maximum atomic E-state index is 12.4. The third-order valence-corrected chi connectivity index (χ3v) is 4.13. The van der Waals surface area contributed by atoms with Crippen LogP contribution in [0.1, 0.15) is 55.3 Å². The summed E-state index contributed by atoms with van der Waals surface area (Å²) < 4.78 is 1.57. The van der Waals surface area contributed by atoms with Crippen LogP contribution in [0.5, 0.6) is 0 Å². The van der Waals surface area contributed by atoms with Crippen LogP contribution in [0.15, 0.2) is 17.5 Å². The molecule has 21 heavy (non-hydrogen) atoms. The molecule has 0 saturated heterocycles. The minimum Gasteiger partial charge on any atom is -0.409 e. The molecule has 2 rings (SSSR count). The lowest BCUT2D eigenvalue weighted by atomic mass is 9.82. The lowest BCUT2D eigenvalue weighted by molar-refractivity contribution is 0.0910. The van der Waals surface area contributed by atoms with Gasteiger partial charge in [-0.2, -0.15) is 5.10 Å². The molecule has 0 radical (unpaired) electrons. The number of rotatable bonds is 3. The molecular weight excluding hydrogens is 270 g/mol. The van der Waals surface area contributed by atoms with Crippen LogP contribution in [0.3, 0.4) is 0 Å². The second-order valence-corrected chi connectivity index (χ2v) is 5.69. The number of aromatic nitrogens is 2. The molecule has 7 heteroatoms. The summed E-state index contributed by atoms with van der Waals surface area (Å²) in [6.07, 6.45) is 9.84. The van der Waals surface area contributed by atoms with E-state index < -0.39 is 5.54 Å². The van der Waals surface area contributed by atoms with Crippen LogP contribution in [-0.4, -0.2) is 32.3 Å². The van der Waals surface area contributed by atoms with Crippen LogP contribution >= 0.6 is 0 Å². The summed E-state index contributed by atoms with van der Waals surface area (Å²) >= 11 is 0. The van der Waals surface area contributed by atoms with E-state index in [1.54, 1.807) is 17.9 Å². The van der Waals surface area contributed by atoms with Crippen molar-refractivity contribution < 1.29 is 10.0 Å². The molecule has 0 unspecified atom stereocenters. The van der Waals surface area contributed by atoms with Crippen molar-refractivity contribution in [2.45, 2.75) is 50.5 Å². The summed E-state index contributed by atoms with van der Waals surface area (Å²) in [5.41, 5.74) is 5.61. The smallest absolute Gasteiger partial charge is 0.255 e. The van der Waals surface area contributed by atoms with Crippen molar-refractivity contribution in [2.75, 3.05) is 0 Å². The van der Waals surface area contributed by atoms with E-state index in [0.29, 0.717) is 18.4 Å². The van der Waals surface area contributed by atoms with Crippen molar-refractivity contribution in [3.8, 4) is 0 Å². The fourth-order valence-corrected chi connectivity index (χ4v) is 2.88.